The maximum atomic E-state index is 12.7. The SMILES string of the molecule is C[C@@]1(N2CCC(c3cc4cc(NC(=O)c5cnn(C6CC6)c5)ncc4cc3Cl)CC2)COC[C@@H]1O. The van der Waals surface area contributed by atoms with Gasteiger partial charge in [0.25, 0.3) is 5.91 Å². The van der Waals surface area contributed by atoms with Crippen LogP contribution in [-0.2, 0) is 4.74 Å². The highest BCUT2D eigenvalue weighted by atomic mass is 35.5. The lowest BCUT2D eigenvalue weighted by Gasteiger charge is -2.43. The highest BCUT2D eigenvalue weighted by Crippen LogP contribution is 2.39. The van der Waals surface area contributed by atoms with Gasteiger partial charge in [-0.05, 0) is 80.8 Å². The molecule has 3 fully saturated rings. The van der Waals surface area contributed by atoms with Gasteiger partial charge in [0.1, 0.15) is 5.82 Å². The Hall–Kier alpha value is -2.52. The normalized spacial score (nSPS) is 25.9. The molecule has 6 rings (SSSR count). The van der Waals surface area contributed by atoms with Crippen LogP contribution in [0.5, 0.6) is 0 Å². The number of likely N-dealkylation sites (tertiary alicyclic amines) is 1. The van der Waals surface area contributed by atoms with E-state index in [1.54, 1.807) is 18.6 Å². The molecule has 3 aliphatic rings. The molecule has 184 valence electrons. The lowest BCUT2D eigenvalue weighted by Crippen LogP contribution is -2.56. The van der Waals surface area contributed by atoms with E-state index >= 15 is 0 Å². The first-order valence-corrected chi connectivity index (χ1v) is 12.7. The third-order valence-corrected chi connectivity index (χ3v) is 8.24. The van der Waals surface area contributed by atoms with E-state index in [0.29, 0.717) is 36.6 Å². The molecule has 0 unspecified atom stereocenters. The lowest BCUT2D eigenvalue weighted by molar-refractivity contribution is -0.00211. The third kappa shape index (κ3) is 4.33. The monoisotopic (exact) mass is 495 g/mol. The van der Waals surface area contributed by atoms with Gasteiger partial charge >= 0.3 is 0 Å². The molecule has 2 aromatic heterocycles. The van der Waals surface area contributed by atoms with E-state index in [-0.39, 0.29) is 11.4 Å². The van der Waals surface area contributed by atoms with Crippen LogP contribution in [0.3, 0.4) is 0 Å². The number of carbonyl (C=O) groups is 1. The van der Waals surface area contributed by atoms with Gasteiger partial charge in [0.2, 0.25) is 0 Å². The highest BCUT2D eigenvalue weighted by Gasteiger charge is 2.45. The zero-order valence-corrected chi connectivity index (χ0v) is 20.5. The summed E-state index contributed by atoms with van der Waals surface area (Å²) in [6.07, 6.45) is 8.88. The largest absolute Gasteiger partial charge is 0.389 e. The van der Waals surface area contributed by atoms with Crippen molar-refractivity contribution in [2.24, 2.45) is 0 Å². The fraction of sp³-hybridized carbons (Fsp3) is 0.500. The standard InChI is InChI=1S/C26H30ClN5O3/c1-26(15-35-14-23(26)33)31-6-4-16(5-7-31)21-8-17-10-24(28-11-18(17)9-22(21)27)30-25(34)19-12-29-32(13-19)20-2-3-20/h8-13,16,20,23,33H,2-7,14-15H2,1H3,(H,28,30,34)/t23-,26+/m0/s1. The van der Waals surface area contributed by atoms with E-state index in [0.717, 1.165) is 60.1 Å². The number of nitrogens with zero attached hydrogens (tertiary/aromatic N) is 4. The fourth-order valence-corrected chi connectivity index (χ4v) is 5.73. The van der Waals surface area contributed by atoms with Crippen LogP contribution in [0.1, 0.15) is 60.5 Å². The van der Waals surface area contributed by atoms with Crippen LogP contribution in [0.2, 0.25) is 5.02 Å². The van der Waals surface area contributed by atoms with Gasteiger partial charge in [0.15, 0.2) is 0 Å². The molecule has 0 bridgehead atoms. The van der Waals surface area contributed by atoms with E-state index in [9.17, 15) is 9.90 Å². The predicted molar refractivity (Wildman–Crippen MR) is 134 cm³/mol. The predicted octanol–water partition coefficient (Wildman–Crippen LogP) is 4.00. The van der Waals surface area contributed by atoms with Crippen LogP contribution < -0.4 is 5.32 Å². The van der Waals surface area contributed by atoms with E-state index < -0.39 is 6.10 Å². The summed E-state index contributed by atoms with van der Waals surface area (Å²) in [6, 6.07) is 6.44. The van der Waals surface area contributed by atoms with Gasteiger partial charge in [-0.2, -0.15) is 5.10 Å². The van der Waals surface area contributed by atoms with Gasteiger partial charge in [-0.3, -0.25) is 14.4 Å². The molecule has 3 aromatic rings. The summed E-state index contributed by atoms with van der Waals surface area (Å²) in [4.78, 5) is 19.5. The van der Waals surface area contributed by atoms with Crippen molar-refractivity contribution in [2.45, 2.75) is 56.2 Å². The van der Waals surface area contributed by atoms with E-state index in [1.807, 2.05) is 16.8 Å². The summed E-state index contributed by atoms with van der Waals surface area (Å²) in [5.41, 5.74) is 1.35. The molecule has 0 radical (unpaired) electrons. The summed E-state index contributed by atoms with van der Waals surface area (Å²) in [6.45, 7) is 4.85. The molecule has 2 saturated heterocycles. The maximum Gasteiger partial charge on any atom is 0.260 e. The molecular weight excluding hydrogens is 466 g/mol. The van der Waals surface area contributed by atoms with Gasteiger partial charge in [0, 0.05) is 22.8 Å². The van der Waals surface area contributed by atoms with Crippen LogP contribution >= 0.6 is 11.6 Å². The first-order valence-electron chi connectivity index (χ1n) is 12.4. The molecule has 9 heteroatoms. The van der Waals surface area contributed by atoms with E-state index in [2.05, 4.69) is 33.3 Å². The number of ether oxygens (including phenoxy) is 1. The molecule has 1 aromatic carbocycles. The van der Waals surface area contributed by atoms with Gasteiger partial charge in [0.05, 0.1) is 42.7 Å². The number of hydrogen-bond donors (Lipinski definition) is 2. The van der Waals surface area contributed by atoms with E-state index in [1.165, 1.54) is 0 Å². The van der Waals surface area contributed by atoms with Crippen LogP contribution in [0.15, 0.2) is 36.8 Å². The van der Waals surface area contributed by atoms with Gasteiger partial charge in [-0.25, -0.2) is 4.98 Å². The smallest absolute Gasteiger partial charge is 0.260 e. The van der Waals surface area contributed by atoms with Crippen LogP contribution in [0.4, 0.5) is 5.82 Å². The molecule has 1 aliphatic carbocycles. The summed E-state index contributed by atoms with van der Waals surface area (Å²) < 4.78 is 7.40. The number of halogens is 1. The number of hydrogen-bond acceptors (Lipinski definition) is 6. The zero-order valence-electron chi connectivity index (χ0n) is 19.8. The van der Waals surface area contributed by atoms with Crippen LogP contribution in [-0.4, -0.2) is 68.6 Å². The second-order valence-corrected chi connectivity index (χ2v) is 10.7. The molecule has 0 spiro atoms. The lowest BCUT2D eigenvalue weighted by atomic mass is 9.85. The number of pyridine rings is 1. The van der Waals surface area contributed by atoms with Crippen molar-refractivity contribution in [3.63, 3.8) is 0 Å². The minimum absolute atomic E-state index is 0.211. The van der Waals surface area contributed by atoms with Crippen molar-refractivity contribution < 1.29 is 14.6 Å². The van der Waals surface area contributed by atoms with Gasteiger partial charge in [-0.15, -0.1) is 0 Å². The summed E-state index contributed by atoms with van der Waals surface area (Å²) in [5.74, 6) is 0.635. The number of rotatable bonds is 5. The molecule has 1 amide bonds. The van der Waals surface area contributed by atoms with Crippen molar-refractivity contribution in [3.8, 4) is 0 Å². The van der Waals surface area contributed by atoms with Crippen molar-refractivity contribution in [2.75, 3.05) is 31.6 Å². The number of amides is 1. The summed E-state index contributed by atoms with van der Waals surface area (Å²) in [5, 5.41) is 20.3. The van der Waals surface area contributed by atoms with Gasteiger partial charge < -0.3 is 15.2 Å². The number of aromatic nitrogens is 3. The number of nitrogens with one attached hydrogen (secondary N) is 1. The molecule has 1 saturated carbocycles. The quantitative estimate of drug-likeness (QED) is 0.555. The summed E-state index contributed by atoms with van der Waals surface area (Å²) >= 11 is 6.71. The van der Waals surface area contributed by atoms with Crippen molar-refractivity contribution in [3.05, 3.63) is 52.9 Å². The number of aliphatic hydroxyl groups excluding tert-OH is 1. The maximum absolute atomic E-state index is 12.7. The minimum atomic E-state index is -0.451. The Balaban J connectivity index is 1.18. The Labute approximate surface area is 209 Å². The Kier molecular flexibility index (Phi) is 5.79. The second kappa shape index (κ2) is 8.85. The number of piperidine rings is 1. The molecule has 35 heavy (non-hydrogen) atoms. The average molecular weight is 496 g/mol. The first kappa shape index (κ1) is 22.9. The minimum Gasteiger partial charge on any atom is -0.389 e. The van der Waals surface area contributed by atoms with Crippen molar-refractivity contribution in [1.82, 2.24) is 19.7 Å². The van der Waals surface area contributed by atoms with Crippen molar-refractivity contribution >= 4 is 34.1 Å². The molecular formula is C26H30ClN5O3. The summed E-state index contributed by atoms with van der Waals surface area (Å²) in [7, 11) is 0. The molecule has 2 aliphatic heterocycles. The average Bonchev–Trinajstić information content (AvgIpc) is 3.48. The van der Waals surface area contributed by atoms with Crippen LogP contribution in [0.25, 0.3) is 10.8 Å². The molecule has 8 nitrogen and oxygen atoms in total. The van der Waals surface area contributed by atoms with Crippen molar-refractivity contribution in [1.29, 1.82) is 0 Å². The Morgan fingerprint density at radius 1 is 1.17 bits per heavy atom. The Morgan fingerprint density at radius 3 is 2.69 bits per heavy atom. The number of benzene rings is 1. The third-order valence-electron chi connectivity index (χ3n) is 7.91. The highest BCUT2D eigenvalue weighted by molar-refractivity contribution is 6.32. The zero-order chi connectivity index (χ0) is 24.2. The molecule has 4 heterocycles. The second-order valence-electron chi connectivity index (χ2n) is 10.3. The fourth-order valence-electron chi connectivity index (χ4n) is 5.40. The Morgan fingerprint density at radius 2 is 1.97 bits per heavy atom. The number of carbonyl (C=O) groups excluding carboxylic acids is 1. The molecule has 2 N–H and O–H groups in total. The topological polar surface area (TPSA) is 92.5 Å². The number of aliphatic hydroxyl groups is 1. The van der Waals surface area contributed by atoms with Gasteiger partial charge in [-0.1, -0.05) is 11.6 Å². The first-order chi connectivity index (χ1) is 16.9. The Bertz CT molecular complexity index is 1270. The number of fused-ring (bicyclic) bond motifs is 1. The molecule has 2 atom stereocenters. The number of anilines is 1. The van der Waals surface area contributed by atoms with Crippen LogP contribution in [0, 0.1) is 0 Å². The van der Waals surface area contributed by atoms with E-state index in [4.69, 9.17) is 16.3 Å².